The van der Waals surface area contributed by atoms with Crippen LogP contribution in [0.4, 0.5) is 0 Å². The summed E-state index contributed by atoms with van der Waals surface area (Å²) in [6, 6.07) is 7.61. The smallest absolute Gasteiger partial charge is 0.165 e. The van der Waals surface area contributed by atoms with Crippen molar-refractivity contribution in [2.24, 2.45) is 17.3 Å². The van der Waals surface area contributed by atoms with Crippen molar-refractivity contribution in [3.63, 3.8) is 0 Å². The van der Waals surface area contributed by atoms with E-state index < -0.39 is 0 Å². The zero-order valence-electron chi connectivity index (χ0n) is 13.8. The summed E-state index contributed by atoms with van der Waals surface area (Å²) in [5.74, 6) is 2.11. The van der Waals surface area contributed by atoms with Crippen molar-refractivity contribution >= 4 is 5.78 Å². The van der Waals surface area contributed by atoms with Crippen LogP contribution in [0.25, 0.3) is 0 Å². The molecule has 0 aromatic heterocycles. The van der Waals surface area contributed by atoms with Crippen molar-refractivity contribution in [2.75, 3.05) is 6.61 Å². The van der Waals surface area contributed by atoms with Gasteiger partial charge in [0.1, 0.15) is 5.75 Å². The minimum atomic E-state index is 0.210. The summed E-state index contributed by atoms with van der Waals surface area (Å²) in [5, 5.41) is 0. The van der Waals surface area contributed by atoms with Crippen LogP contribution in [0, 0.1) is 17.3 Å². The van der Waals surface area contributed by atoms with Crippen LogP contribution in [-0.4, -0.2) is 12.4 Å². The van der Waals surface area contributed by atoms with E-state index in [2.05, 4.69) is 20.8 Å². The fourth-order valence-corrected chi connectivity index (χ4v) is 3.34. The van der Waals surface area contributed by atoms with Crippen LogP contribution in [0.2, 0.25) is 0 Å². The molecule has 116 valence electrons. The molecule has 1 saturated carbocycles. The van der Waals surface area contributed by atoms with Crippen molar-refractivity contribution in [2.45, 2.75) is 53.4 Å². The standard InChI is InChI=1S/C19H28O2/c1-5-21-17-12-8-15(9-13-17)18(20)14-6-10-16(11-7-14)19(2,3)4/h8-9,12-14,16H,5-7,10-11H2,1-4H3. The summed E-state index contributed by atoms with van der Waals surface area (Å²) in [6.07, 6.45) is 4.43. The minimum absolute atomic E-state index is 0.210. The molecule has 0 unspecified atom stereocenters. The van der Waals surface area contributed by atoms with E-state index in [-0.39, 0.29) is 5.92 Å². The molecule has 0 atom stereocenters. The molecule has 1 aliphatic rings. The van der Waals surface area contributed by atoms with Gasteiger partial charge >= 0.3 is 0 Å². The van der Waals surface area contributed by atoms with Gasteiger partial charge in [0.25, 0.3) is 0 Å². The molecule has 0 bridgehead atoms. The van der Waals surface area contributed by atoms with E-state index in [4.69, 9.17) is 4.74 Å². The number of ketones is 1. The second-order valence-corrected chi connectivity index (χ2v) is 7.24. The summed E-state index contributed by atoms with van der Waals surface area (Å²) in [7, 11) is 0. The van der Waals surface area contributed by atoms with Gasteiger partial charge < -0.3 is 4.74 Å². The summed E-state index contributed by atoms with van der Waals surface area (Å²) in [5.41, 5.74) is 1.20. The number of carbonyl (C=O) groups is 1. The van der Waals surface area contributed by atoms with Crippen LogP contribution in [0.5, 0.6) is 5.75 Å². The van der Waals surface area contributed by atoms with E-state index in [1.165, 1.54) is 12.8 Å². The number of Topliss-reactive ketones (excluding diaryl/α,β-unsaturated/α-hetero) is 1. The third-order valence-electron chi connectivity index (χ3n) is 4.77. The molecular formula is C19H28O2. The van der Waals surface area contributed by atoms with Gasteiger partial charge in [0.15, 0.2) is 5.78 Å². The largest absolute Gasteiger partial charge is 0.494 e. The van der Waals surface area contributed by atoms with Crippen molar-refractivity contribution in [1.82, 2.24) is 0 Å². The first kappa shape index (κ1) is 16.1. The molecular weight excluding hydrogens is 260 g/mol. The average Bonchev–Trinajstić information content (AvgIpc) is 2.47. The molecule has 0 amide bonds. The van der Waals surface area contributed by atoms with Crippen molar-refractivity contribution in [3.05, 3.63) is 29.8 Å². The Labute approximate surface area is 128 Å². The zero-order valence-corrected chi connectivity index (χ0v) is 13.8. The summed E-state index contributed by atoms with van der Waals surface area (Å²) in [6.45, 7) is 9.56. The van der Waals surface area contributed by atoms with Crippen LogP contribution in [-0.2, 0) is 0 Å². The Morgan fingerprint density at radius 3 is 2.14 bits per heavy atom. The van der Waals surface area contributed by atoms with Crippen molar-refractivity contribution in [1.29, 1.82) is 0 Å². The number of benzene rings is 1. The molecule has 0 spiro atoms. The third kappa shape index (κ3) is 4.09. The fraction of sp³-hybridized carbons (Fsp3) is 0.632. The van der Waals surface area contributed by atoms with Gasteiger partial charge in [-0.05, 0) is 68.2 Å². The summed E-state index contributed by atoms with van der Waals surface area (Å²) >= 11 is 0. The first-order valence-electron chi connectivity index (χ1n) is 8.19. The topological polar surface area (TPSA) is 26.3 Å². The van der Waals surface area contributed by atoms with E-state index in [0.29, 0.717) is 17.8 Å². The lowest BCUT2D eigenvalue weighted by Crippen LogP contribution is -2.28. The van der Waals surface area contributed by atoms with E-state index in [9.17, 15) is 4.79 Å². The highest BCUT2D eigenvalue weighted by atomic mass is 16.5. The highest BCUT2D eigenvalue weighted by Gasteiger charge is 2.32. The van der Waals surface area contributed by atoms with Gasteiger partial charge in [0, 0.05) is 11.5 Å². The first-order valence-corrected chi connectivity index (χ1v) is 8.19. The lowest BCUT2D eigenvalue weighted by atomic mass is 9.69. The fourth-order valence-electron chi connectivity index (χ4n) is 3.34. The van der Waals surface area contributed by atoms with E-state index >= 15 is 0 Å². The van der Waals surface area contributed by atoms with E-state index in [1.807, 2.05) is 31.2 Å². The third-order valence-corrected chi connectivity index (χ3v) is 4.77. The second-order valence-electron chi connectivity index (χ2n) is 7.24. The summed E-state index contributed by atoms with van der Waals surface area (Å²) < 4.78 is 5.43. The van der Waals surface area contributed by atoms with Crippen LogP contribution >= 0.6 is 0 Å². The molecule has 0 heterocycles. The summed E-state index contributed by atoms with van der Waals surface area (Å²) in [4.78, 5) is 12.6. The Hall–Kier alpha value is -1.31. The molecule has 0 saturated heterocycles. The number of ether oxygens (including phenoxy) is 1. The van der Waals surface area contributed by atoms with Gasteiger partial charge in [-0.1, -0.05) is 20.8 Å². The second kappa shape index (κ2) is 6.64. The van der Waals surface area contributed by atoms with E-state index in [1.54, 1.807) is 0 Å². The van der Waals surface area contributed by atoms with Crippen LogP contribution in [0.15, 0.2) is 24.3 Å². The lowest BCUT2D eigenvalue weighted by Gasteiger charge is -2.36. The molecule has 1 fully saturated rings. The Morgan fingerprint density at radius 2 is 1.67 bits per heavy atom. The molecule has 21 heavy (non-hydrogen) atoms. The SMILES string of the molecule is CCOc1ccc(C(=O)C2CCC(C(C)(C)C)CC2)cc1. The van der Waals surface area contributed by atoms with E-state index in [0.717, 1.165) is 30.1 Å². The molecule has 0 radical (unpaired) electrons. The van der Waals surface area contributed by atoms with Gasteiger partial charge in [-0.3, -0.25) is 4.79 Å². The molecule has 0 aliphatic heterocycles. The van der Waals surface area contributed by atoms with Crippen molar-refractivity contribution in [3.8, 4) is 5.75 Å². The quantitative estimate of drug-likeness (QED) is 0.719. The Kier molecular flexibility index (Phi) is 5.08. The Balaban J connectivity index is 1.95. The predicted molar refractivity (Wildman–Crippen MR) is 86.8 cm³/mol. The van der Waals surface area contributed by atoms with Gasteiger partial charge in [0.05, 0.1) is 6.61 Å². The molecule has 0 N–H and O–H groups in total. The van der Waals surface area contributed by atoms with Crippen LogP contribution in [0.1, 0.15) is 63.7 Å². The Morgan fingerprint density at radius 1 is 1.10 bits per heavy atom. The van der Waals surface area contributed by atoms with Gasteiger partial charge in [-0.15, -0.1) is 0 Å². The number of carbonyl (C=O) groups excluding carboxylic acids is 1. The Bertz CT molecular complexity index is 459. The molecule has 2 heteroatoms. The minimum Gasteiger partial charge on any atom is -0.494 e. The lowest BCUT2D eigenvalue weighted by molar-refractivity contribution is 0.0819. The number of hydrogen-bond donors (Lipinski definition) is 0. The maximum Gasteiger partial charge on any atom is 0.165 e. The molecule has 1 aliphatic carbocycles. The highest BCUT2D eigenvalue weighted by Crippen LogP contribution is 2.40. The molecule has 1 aromatic rings. The van der Waals surface area contributed by atoms with Gasteiger partial charge in [-0.25, -0.2) is 0 Å². The number of hydrogen-bond acceptors (Lipinski definition) is 2. The van der Waals surface area contributed by atoms with Crippen LogP contribution < -0.4 is 4.74 Å². The maximum atomic E-state index is 12.6. The van der Waals surface area contributed by atoms with Crippen LogP contribution in [0.3, 0.4) is 0 Å². The molecule has 2 rings (SSSR count). The van der Waals surface area contributed by atoms with Gasteiger partial charge in [-0.2, -0.15) is 0 Å². The molecule has 2 nitrogen and oxygen atoms in total. The normalized spacial score (nSPS) is 22.9. The number of rotatable bonds is 4. The highest BCUT2D eigenvalue weighted by molar-refractivity contribution is 5.98. The first-order chi connectivity index (χ1) is 9.91. The zero-order chi connectivity index (χ0) is 15.5. The van der Waals surface area contributed by atoms with Crippen molar-refractivity contribution < 1.29 is 9.53 Å². The average molecular weight is 288 g/mol. The van der Waals surface area contributed by atoms with Gasteiger partial charge in [0.2, 0.25) is 0 Å². The molecule has 1 aromatic carbocycles. The maximum absolute atomic E-state index is 12.6. The monoisotopic (exact) mass is 288 g/mol. The predicted octanol–water partition coefficient (Wildman–Crippen LogP) is 5.12.